The van der Waals surface area contributed by atoms with Gasteiger partial charge in [-0.05, 0) is 55.8 Å². The van der Waals surface area contributed by atoms with E-state index in [9.17, 15) is 14.9 Å². The molecule has 0 saturated carbocycles. The second-order valence-corrected chi connectivity index (χ2v) is 8.16. The maximum absolute atomic E-state index is 12.8. The van der Waals surface area contributed by atoms with E-state index in [0.29, 0.717) is 39.4 Å². The van der Waals surface area contributed by atoms with E-state index in [-0.39, 0.29) is 11.8 Å². The summed E-state index contributed by atoms with van der Waals surface area (Å²) in [5, 5.41) is 22.4. The van der Waals surface area contributed by atoms with E-state index in [1.807, 2.05) is 6.07 Å². The van der Waals surface area contributed by atoms with E-state index in [1.165, 1.54) is 13.3 Å². The predicted molar refractivity (Wildman–Crippen MR) is 128 cm³/mol. The number of nitriles is 1. The van der Waals surface area contributed by atoms with Crippen LogP contribution < -0.4 is 15.4 Å². The molecule has 34 heavy (non-hydrogen) atoms. The Balaban J connectivity index is 1.50. The van der Waals surface area contributed by atoms with Crippen LogP contribution in [0.25, 0.3) is 11.0 Å². The van der Waals surface area contributed by atoms with Crippen molar-refractivity contribution in [1.29, 1.82) is 5.26 Å². The molecule has 0 fully saturated rings. The Hall–Kier alpha value is -4.71. The van der Waals surface area contributed by atoms with Gasteiger partial charge in [0.05, 0.1) is 35.9 Å². The number of nitrogens with one attached hydrogen (secondary N) is 3. The second kappa shape index (κ2) is 9.03. The van der Waals surface area contributed by atoms with Crippen LogP contribution in [0.2, 0.25) is 0 Å². The maximum atomic E-state index is 12.8. The highest BCUT2D eigenvalue weighted by Gasteiger charge is 2.21. The number of methoxy groups -OCH3 is 1. The summed E-state index contributed by atoms with van der Waals surface area (Å²) in [6, 6.07) is 17.5. The normalized spacial score (nSPS) is 11.0. The van der Waals surface area contributed by atoms with Crippen LogP contribution in [0.4, 0.5) is 11.4 Å². The summed E-state index contributed by atoms with van der Waals surface area (Å²) < 4.78 is 5.18. The number of hydrogen-bond donors (Lipinski definition) is 3. The van der Waals surface area contributed by atoms with Crippen LogP contribution in [0.3, 0.4) is 0 Å². The maximum Gasteiger partial charge on any atom is 0.255 e. The van der Waals surface area contributed by atoms with Crippen LogP contribution >= 0.6 is 0 Å². The number of anilines is 2. The van der Waals surface area contributed by atoms with Gasteiger partial charge in [-0.3, -0.25) is 14.7 Å². The fourth-order valence-corrected chi connectivity index (χ4v) is 3.36. The number of fused-ring (bicyclic) bond motifs is 1. The molecule has 0 aliphatic heterocycles. The third kappa shape index (κ3) is 4.56. The number of aromatic nitrogens is 3. The van der Waals surface area contributed by atoms with Crippen molar-refractivity contribution in [2.75, 3.05) is 17.7 Å². The minimum atomic E-state index is -0.716. The molecule has 2 aromatic heterocycles. The molecule has 0 radical (unpaired) electrons. The Morgan fingerprint density at radius 2 is 1.68 bits per heavy atom. The monoisotopic (exact) mass is 454 g/mol. The van der Waals surface area contributed by atoms with Crippen molar-refractivity contribution in [2.45, 2.75) is 19.3 Å². The first-order valence-corrected chi connectivity index (χ1v) is 10.4. The van der Waals surface area contributed by atoms with Gasteiger partial charge in [-0.15, -0.1) is 5.10 Å². The number of carbonyl (C=O) groups excluding carboxylic acids is 2. The summed E-state index contributed by atoms with van der Waals surface area (Å²) >= 11 is 0. The predicted octanol–water partition coefficient (Wildman–Crippen LogP) is 4.27. The van der Waals surface area contributed by atoms with Crippen LogP contribution in [0.15, 0.2) is 60.8 Å². The van der Waals surface area contributed by atoms with Gasteiger partial charge in [-0.1, -0.05) is 18.2 Å². The molecule has 2 heterocycles. The average molecular weight is 454 g/mol. The minimum Gasteiger partial charge on any atom is -0.479 e. The zero-order valence-electron chi connectivity index (χ0n) is 18.8. The molecule has 0 aliphatic rings. The minimum absolute atomic E-state index is 0.338. The molecule has 0 aliphatic carbocycles. The Kier molecular flexibility index (Phi) is 5.97. The van der Waals surface area contributed by atoms with Crippen LogP contribution in [-0.4, -0.2) is 34.1 Å². The molecule has 3 N–H and O–H groups in total. The first-order valence-electron chi connectivity index (χ1n) is 10.4. The first kappa shape index (κ1) is 22.5. The zero-order chi connectivity index (χ0) is 24.3. The Bertz CT molecular complexity index is 1430. The van der Waals surface area contributed by atoms with Crippen LogP contribution in [-0.2, 0) is 5.41 Å². The fraction of sp³-hybridized carbons (Fsp3) is 0.160. The number of pyridine rings is 1. The second-order valence-electron chi connectivity index (χ2n) is 8.16. The van der Waals surface area contributed by atoms with Gasteiger partial charge < -0.3 is 15.4 Å². The number of hydrogen-bond acceptors (Lipinski definition) is 6. The number of ether oxygens (including phenoxy) is 1. The average Bonchev–Trinajstić information content (AvgIpc) is 3.26. The third-order valence-electron chi connectivity index (χ3n) is 5.34. The summed E-state index contributed by atoms with van der Waals surface area (Å²) in [6.45, 7) is 3.59. The summed E-state index contributed by atoms with van der Waals surface area (Å²) in [5.41, 5.74) is 2.29. The molecule has 9 nitrogen and oxygen atoms in total. The van der Waals surface area contributed by atoms with Crippen molar-refractivity contribution in [3.05, 3.63) is 77.5 Å². The van der Waals surface area contributed by atoms with Gasteiger partial charge in [-0.25, -0.2) is 4.98 Å². The summed E-state index contributed by atoms with van der Waals surface area (Å²) in [4.78, 5) is 29.8. The standard InChI is InChI=1S/C25H22N6O3/c1-25(2,14-26)17-8-4-6-15(10-17)22(32)28-18-9-5-7-16(11-18)23(33)29-19-12-20-21(27-13-19)30-31-24(20)34-3/h4-13H,1-3H3,(H,28,32)(H,29,33)(H,27,30,31). The lowest BCUT2D eigenvalue weighted by Gasteiger charge is -2.16. The summed E-state index contributed by atoms with van der Waals surface area (Å²) in [5.74, 6) is -0.321. The summed E-state index contributed by atoms with van der Waals surface area (Å²) in [7, 11) is 1.50. The Morgan fingerprint density at radius 3 is 2.38 bits per heavy atom. The SMILES string of the molecule is COc1n[nH]c2ncc(NC(=O)c3cccc(NC(=O)c4cccc(C(C)(C)C#N)c4)c3)cc12. The van der Waals surface area contributed by atoms with Gasteiger partial charge in [-0.2, -0.15) is 5.26 Å². The quantitative estimate of drug-likeness (QED) is 0.398. The van der Waals surface area contributed by atoms with E-state index in [1.54, 1.807) is 62.4 Å². The number of H-pyrrole nitrogens is 1. The van der Waals surface area contributed by atoms with Gasteiger partial charge in [0.25, 0.3) is 11.8 Å². The molecule has 4 rings (SSSR count). The van der Waals surface area contributed by atoms with E-state index in [2.05, 4.69) is 31.9 Å². The van der Waals surface area contributed by atoms with Crippen LogP contribution in [0, 0.1) is 11.3 Å². The number of benzene rings is 2. The number of amides is 2. The topological polar surface area (TPSA) is 133 Å². The molecule has 0 atom stereocenters. The summed E-state index contributed by atoms with van der Waals surface area (Å²) in [6.07, 6.45) is 1.51. The van der Waals surface area contributed by atoms with Gasteiger partial charge in [0.2, 0.25) is 5.88 Å². The lowest BCUT2D eigenvalue weighted by molar-refractivity contribution is 0.101. The number of nitrogens with zero attached hydrogens (tertiary/aromatic N) is 3. The van der Waals surface area contributed by atoms with Crippen molar-refractivity contribution in [3.63, 3.8) is 0 Å². The largest absolute Gasteiger partial charge is 0.479 e. The van der Waals surface area contributed by atoms with Gasteiger partial charge in [0.1, 0.15) is 0 Å². The highest BCUT2D eigenvalue weighted by atomic mass is 16.5. The number of aromatic amines is 1. The Morgan fingerprint density at radius 1 is 1.00 bits per heavy atom. The number of rotatable bonds is 6. The third-order valence-corrected chi connectivity index (χ3v) is 5.34. The molecule has 4 aromatic rings. The highest BCUT2D eigenvalue weighted by Crippen LogP contribution is 2.25. The van der Waals surface area contributed by atoms with Crippen LogP contribution in [0.5, 0.6) is 5.88 Å². The zero-order valence-corrected chi connectivity index (χ0v) is 18.8. The molecule has 2 amide bonds. The van der Waals surface area contributed by atoms with Crippen molar-refractivity contribution < 1.29 is 14.3 Å². The van der Waals surface area contributed by atoms with Crippen molar-refractivity contribution in [1.82, 2.24) is 15.2 Å². The molecule has 0 unspecified atom stereocenters. The fourth-order valence-electron chi connectivity index (χ4n) is 3.36. The molecular weight excluding hydrogens is 432 g/mol. The van der Waals surface area contributed by atoms with Gasteiger partial charge in [0.15, 0.2) is 5.65 Å². The molecular formula is C25H22N6O3. The lowest BCUT2D eigenvalue weighted by Crippen LogP contribution is -2.17. The van der Waals surface area contributed by atoms with Gasteiger partial charge in [0, 0.05) is 16.8 Å². The smallest absolute Gasteiger partial charge is 0.255 e. The number of carbonyl (C=O) groups is 2. The Labute approximate surface area is 195 Å². The van der Waals surface area contributed by atoms with E-state index in [0.717, 1.165) is 5.56 Å². The molecule has 0 bridgehead atoms. The first-order chi connectivity index (χ1) is 16.3. The van der Waals surface area contributed by atoms with Crippen molar-refractivity contribution in [3.8, 4) is 11.9 Å². The van der Waals surface area contributed by atoms with Crippen molar-refractivity contribution >= 4 is 34.2 Å². The molecule has 0 saturated heterocycles. The lowest BCUT2D eigenvalue weighted by atomic mass is 9.85. The van der Waals surface area contributed by atoms with Crippen molar-refractivity contribution in [2.24, 2.45) is 0 Å². The molecule has 9 heteroatoms. The molecule has 0 spiro atoms. The van der Waals surface area contributed by atoms with E-state index >= 15 is 0 Å². The van der Waals surface area contributed by atoms with E-state index in [4.69, 9.17) is 4.74 Å². The van der Waals surface area contributed by atoms with Crippen LogP contribution in [0.1, 0.15) is 40.1 Å². The molecule has 2 aromatic carbocycles. The van der Waals surface area contributed by atoms with Gasteiger partial charge >= 0.3 is 0 Å². The van der Waals surface area contributed by atoms with E-state index < -0.39 is 5.41 Å². The highest BCUT2D eigenvalue weighted by molar-refractivity contribution is 6.07. The molecule has 170 valence electrons.